The first kappa shape index (κ1) is 16.0. The molecule has 1 aliphatic rings. The van der Waals surface area contributed by atoms with E-state index in [2.05, 4.69) is 17.9 Å². The van der Waals surface area contributed by atoms with Crippen LogP contribution in [0.1, 0.15) is 43.2 Å². The first-order chi connectivity index (χ1) is 9.99. The minimum atomic E-state index is -0.285. The number of nitrogens with zero attached hydrogens (tertiary/aromatic N) is 1. The highest BCUT2D eigenvalue weighted by Gasteiger charge is 2.41. The third-order valence-corrected chi connectivity index (χ3v) is 4.84. The van der Waals surface area contributed by atoms with Crippen LogP contribution in [0.25, 0.3) is 0 Å². The summed E-state index contributed by atoms with van der Waals surface area (Å²) >= 11 is 0. The van der Waals surface area contributed by atoms with Gasteiger partial charge in [-0.15, -0.1) is 0 Å². The van der Waals surface area contributed by atoms with Gasteiger partial charge in [-0.1, -0.05) is 37.0 Å². The Morgan fingerprint density at radius 2 is 1.90 bits per heavy atom. The molecule has 0 aliphatic heterocycles. The number of aryl methyl sites for hydroxylation is 1. The van der Waals surface area contributed by atoms with Gasteiger partial charge in [0.2, 0.25) is 0 Å². The lowest BCUT2D eigenvalue weighted by Crippen LogP contribution is -2.53. The SMILES string of the molecule is COc1ccc(C)cc1CC(=O)C1(N(C)C)CCCCC1. The molecule has 0 atom stereocenters. The predicted octanol–water partition coefficient (Wildman–Crippen LogP) is 3.38. The van der Waals surface area contributed by atoms with Crippen molar-refractivity contribution in [3.63, 3.8) is 0 Å². The zero-order valence-electron chi connectivity index (χ0n) is 13.7. The van der Waals surface area contributed by atoms with Crippen molar-refractivity contribution in [2.45, 2.75) is 51.0 Å². The second-order valence-electron chi connectivity index (χ2n) is 6.40. The molecule has 1 saturated carbocycles. The summed E-state index contributed by atoms with van der Waals surface area (Å²) in [4.78, 5) is 15.1. The molecule has 0 amide bonds. The van der Waals surface area contributed by atoms with Crippen molar-refractivity contribution in [1.29, 1.82) is 0 Å². The molecule has 0 heterocycles. The van der Waals surface area contributed by atoms with Crippen LogP contribution in [0.5, 0.6) is 5.75 Å². The van der Waals surface area contributed by atoms with E-state index in [1.54, 1.807) is 7.11 Å². The first-order valence-electron chi connectivity index (χ1n) is 7.84. The minimum absolute atomic E-state index is 0.285. The van der Waals surface area contributed by atoms with Crippen molar-refractivity contribution >= 4 is 5.78 Å². The van der Waals surface area contributed by atoms with Crippen molar-refractivity contribution in [1.82, 2.24) is 4.90 Å². The molecule has 0 unspecified atom stereocenters. The molecule has 1 aromatic rings. The molecule has 0 bridgehead atoms. The molecule has 0 aromatic heterocycles. The van der Waals surface area contributed by atoms with Crippen LogP contribution in [0.3, 0.4) is 0 Å². The fraction of sp³-hybridized carbons (Fsp3) is 0.611. The molecule has 1 fully saturated rings. The number of methoxy groups -OCH3 is 1. The standard InChI is InChI=1S/C18H27NO2/c1-14-8-9-16(21-4)15(12-14)13-17(20)18(19(2)3)10-6-5-7-11-18/h8-9,12H,5-7,10-11,13H2,1-4H3. The highest BCUT2D eigenvalue weighted by Crippen LogP contribution is 2.35. The molecule has 0 N–H and O–H groups in total. The molecule has 0 saturated heterocycles. The van der Waals surface area contributed by atoms with Gasteiger partial charge in [-0.2, -0.15) is 0 Å². The number of Topliss-reactive ketones (excluding diaryl/α,β-unsaturated/α-hetero) is 1. The fourth-order valence-electron chi connectivity index (χ4n) is 3.50. The van der Waals surface area contributed by atoms with E-state index in [1.807, 2.05) is 26.2 Å². The van der Waals surface area contributed by atoms with E-state index < -0.39 is 0 Å². The van der Waals surface area contributed by atoms with Crippen molar-refractivity contribution < 1.29 is 9.53 Å². The molecule has 3 nitrogen and oxygen atoms in total. The fourth-order valence-corrected chi connectivity index (χ4v) is 3.50. The van der Waals surface area contributed by atoms with Gasteiger partial charge in [-0.3, -0.25) is 9.69 Å². The van der Waals surface area contributed by atoms with Gasteiger partial charge in [0.25, 0.3) is 0 Å². The van der Waals surface area contributed by atoms with Crippen molar-refractivity contribution in [3.8, 4) is 5.75 Å². The normalized spacial score (nSPS) is 17.8. The van der Waals surface area contributed by atoms with Crippen molar-refractivity contribution in [3.05, 3.63) is 29.3 Å². The summed E-state index contributed by atoms with van der Waals surface area (Å²) in [6.07, 6.45) is 5.96. The van der Waals surface area contributed by atoms with Crippen LogP contribution in [-0.2, 0) is 11.2 Å². The quantitative estimate of drug-likeness (QED) is 0.832. The first-order valence-corrected chi connectivity index (χ1v) is 7.84. The second-order valence-corrected chi connectivity index (χ2v) is 6.40. The Morgan fingerprint density at radius 1 is 1.24 bits per heavy atom. The third kappa shape index (κ3) is 3.29. The van der Waals surface area contributed by atoms with Gasteiger partial charge in [0.05, 0.1) is 12.6 Å². The van der Waals surface area contributed by atoms with Gasteiger partial charge in [-0.25, -0.2) is 0 Å². The molecule has 21 heavy (non-hydrogen) atoms. The number of carbonyl (C=O) groups is 1. The maximum absolute atomic E-state index is 13.0. The number of likely N-dealkylation sites (N-methyl/N-ethyl adjacent to an activating group) is 1. The monoisotopic (exact) mass is 289 g/mol. The van der Waals surface area contributed by atoms with E-state index in [0.717, 1.165) is 37.0 Å². The molecular formula is C18H27NO2. The van der Waals surface area contributed by atoms with Gasteiger partial charge in [0.15, 0.2) is 5.78 Å². The number of ketones is 1. The number of carbonyl (C=O) groups excluding carboxylic acids is 1. The Hall–Kier alpha value is -1.35. The largest absolute Gasteiger partial charge is 0.496 e. The van der Waals surface area contributed by atoms with E-state index in [9.17, 15) is 4.79 Å². The number of benzene rings is 1. The zero-order valence-corrected chi connectivity index (χ0v) is 13.7. The molecule has 0 radical (unpaired) electrons. The maximum Gasteiger partial charge on any atom is 0.157 e. The third-order valence-electron chi connectivity index (χ3n) is 4.84. The van der Waals surface area contributed by atoms with Crippen LogP contribution >= 0.6 is 0 Å². The minimum Gasteiger partial charge on any atom is -0.496 e. The topological polar surface area (TPSA) is 29.5 Å². The number of rotatable bonds is 5. The molecule has 0 spiro atoms. The number of hydrogen-bond acceptors (Lipinski definition) is 3. The summed E-state index contributed by atoms with van der Waals surface area (Å²) in [5.41, 5.74) is 1.89. The van der Waals surface area contributed by atoms with Crippen molar-refractivity contribution in [2.75, 3.05) is 21.2 Å². The van der Waals surface area contributed by atoms with Crippen LogP contribution in [-0.4, -0.2) is 37.4 Å². The Labute approximate surface area is 128 Å². The van der Waals surface area contributed by atoms with Gasteiger partial charge >= 0.3 is 0 Å². The summed E-state index contributed by atoms with van der Waals surface area (Å²) in [5, 5.41) is 0. The van der Waals surface area contributed by atoms with Crippen molar-refractivity contribution in [2.24, 2.45) is 0 Å². The molecule has 2 rings (SSSR count). The van der Waals surface area contributed by atoms with E-state index in [1.165, 1.54) is 12.0 Å². The Kier molecular flexibility index (Phi) is 5.04. The lowest BCUT2D eigenvalue weighted by atomic mass is 9.76. The van der Waals surface area contributed by atoms with Crippen LogP contribution < -0.4 is 4.74 Å². The second kappa shape index (κ2) is 6.61. The molecule has 116 valence electrons. The molecular weight excluding hydrogens is 262 g/mol. The average molecular weight is 289 g/mol. The van der Waals surface area contributed by atoms with Crippen LogP contribution in [0.15, 0.2) is 18.2 Å². The van der Waals surface area contributed by atoms with Crippen LogP contribution in [0, 0.1) is 6.92 Å². The summed E-state index contributed by atoms with van der Waals surface area (Å²) in [6, 6.07) is 6.05. The Balaban J connectivity index is 2.25. The highest BCUT2D eigenvalue weighted by atomic mass is 16.5. The maximum atomic E-state index is 13.0. The predicted molar refractivity (Wildman–Crippen MR) is 85.9 cm³/mol. The lowest BCUT2D eigenvalue weighted by molar-refractivity contribution is -0.131. The molecule has 1 aromatic carbocycles. The van der Waals surface area contributed by atoms with E-state index in [-0.39, 0.29) is 5.54 Å². The van der Waals surface area contributed by atoms with Gasteiger partial charge in [0, 0.05) is 12.0 Å². The Morgan fingerprint density at radius 3 is 2.48 bits per heavy atom. The number of ether oxygens (including phenoxy) is 1. The summed E-state index contributed by atoms with van der Waals surface area (Å²) in [7, 11) is 5.74. The number of hydrogen-bond donors (Lipinski definition) is 0. The zero-order chi connectivity index (χ0) is 15.5. The van der Waals surface area contributed by atoms with E-state index in [4.69, 9.17) is 4.74 Å². The summed E-state index contributed by atoms with van der Waals surface area (Å²) in [6.45, 7) is 2.05. The molecule has 1 aliphatic carbocycles. The average Bonchev–Trinajstić information content (AvgIpc) is 2.48. The summed E-state index contributed by atoms with van der Waals surface area (Å²) in [5.74, 6) is 1.15. The van der Waals surface area contributed by atoms with E-state index in [0.29, 0.717) is 12.2 Å². The summed E-state index contributed by atoms with van der Waals surface area (Å²) < 4.78 is 5.42. The van der Waals surface area contributed by atoms with Gasteiger partial charge in [-0.05, 0) is 39.9 Å². The van der Waals surface area contributed by atoms with Crippen LogP contribution in [0.2, 0.25) is 0 Å². The Bertz CT molecular complexity index is 502. The van der Waals surface area contributed by atoms with Gasteiger partial charge < -0.3 is 4.74 Å². The van der Waals surface area contributed by atoms with Crippen LogP contribution in [0.4, 0.5) is 0 Å². The van der Waals surface area contributed by atoms with Gasteiger partial charge in [0.1, 0.15) is 5.75 Å². The smallest absolute Gasteiger partial charge is 0.157 e. The van der Waals surface area contributed by atoms with E-state index >= 15 is 0 Å². The highest BCUT2D eigenvalue weighted by molar-refractivity contribution is 5.90. The molecule has 3 heteroatoms. The lowest BCUT2D eigenvalue weighted by Gasteiger charge is -2.41.